The zero-order chi connectivity index (χ0) is 12.3. The number of aromatic amines is 1. The number of hydrogen-bond donors (Lipinski definition) is 3. The molecule has 2 rings (SSSR count). The van der Waals surface area contributed by atoms with Gasteiger partial charge >= 0.3 is 0 Å². The van der Waals surface area contributed by atoms with E-state index in [4.69, 9.17) is 0 Å². The number of rotatable bonds is 5. The van der Waals surface area contributed by atoms with Gasteiger partial charge < -0.3 is 5.32 Å². The summed E-state index contributed by atoms with van der Waals surface area (Å²) < 4.78 is 26.3. The minimum atomic E-state index is -3.29. The van der Waals surface area contributed by atoms with Gasteiger partial charge in [-0.25, -0.2) is 18.1 Å². The van der Waals surface area contributed by atoms with Crippen LogP contribution in [-0.2, 0) is 10.0 Å². The van der Waals surface area contributed by atoms with Crippen LogP contribution in [0.2, 0.25) is 0 Å². The minimum absolute atomic E-state index is 0.0643. The van der Waals surface area contributed by atoms with E-state index in [0.717, 1.165) is 19.4 Å². The van der Waals surface area contributed by atoms with E-state index < -0.39 is 10.0 Å². The number of aromatic nitrogens is 3. The van der Waals surface area contributed by atoms with Crippen molar-refractivity contribution in [3.63, 3.8) is 0 Å². The number of hydrogen-bond acceptors (Lipinski definition) is 5. The first-order valence-corrected chi connectivity index (χ1v) is 7.31. The van der Waals surface area contributed by atoms with Crippen LogP contribution in [0.1, 0.15) is 31.6 Å². The molecule has 1 aromatic rings. The topological polar surface area (TPSA) is 99.8 Å². The summed E-state index contributed by atoms with van der Waals surface area (Å²) in [7, 11) is -3.29. The van der Waals surface area contributed by atoms with Gasteiger partial charge in [0.2, 0.25) is 10.0 Å². The summed E-state index contributed by atoms with van der Waals surface area (Å²) in [6.45, 7) is 2.64. The van der Waals surface area contributed by atoms with Gasteiger partial charge in [-0.05, 0) is 26.3 Å². The molecule has 17 heavy (non-hydrogen) atoms. The first-order chi connectivity index (χ1) is 8.07. The molecule has 0 aromatic carbocycles. The van der Waals surface area contributed by atoms with Gasteiger partial charge in [0.1, 0.15) is 12.2 Å². The highest BCUT2D eigenvalue weighted by Gasteiger charge is 2.24. The molecule has 7 nitrogen and oxygen atoms in total. The smallest absolute Gasteiger partial charge is 0.213 e. The van der Waals surface area contributed by atoms with E-state index in [2.05, 4.69) is 25.2 Å². The molecule has 1 fully saturated rings. The Morgan fingerprint density at radius 2 is 2.47 bits per heavy atom. The fourth-order valence-electron chi connectivity index (χ4n) is 1.96. The van der Waals surface area contributed by atoms with E-state index in [1.165, 1.54) is 6.33 Å². The summed E-state index contributed by atoms with van der Waals surface area (Å²) in [6, 6.07) is -0.321. The molecular formula is C9H17N5O2S. The van der Waals surface area contributed by atoms with Crippen LogP contribution in [0.5, 0.6) is 0 Å². The third-order valence-electron chi connectivity index (χ3n) is 2.78. The minimum Gasteiger partial charge on any atom is -0.313 e. The Morgan fingerprint density at radius 1 is 1.65 bits per heavy atom. The highest BCUT2D eigenvalue weighted by atomic mass is 32.2. The lowest BCUT2D eigenvalue weighted by Crippen LogP contribution is -2.37. The predicted octanol–water partition coefficient (Wildman–Crippen LogP) is -0.463. The highest BCUT2D eigenvalue weighted by Crippen LogP contribution is 2.10. The highest BCUT2D eigenvalue weighted by molar-refractivity contribution is 7.89. The SMILES string of the molecule is CC(NS(=O)(=O)CC1CCCN1)c1ncn[nH]1. The maximum Gasteiger partial charge on any atom is 0.213 e. The predicted molar refractivity (Wildman–Crippen MR) is 62.7 cm³/mol. The van der Waals surface area contributed by atoms with Gasteiger partial charge in [0, 0.05) is 6.04 Å². The summed E-state index contributed by atoms with van der Waals surface area (Å²) in [6.07, 6.45) is 3.31. The Balaban J connectivity index is 1.92. The van der Waals surface area contributed by atoms with E-state index >= 15 is 0 Å². The summed E-state index contributed by atoms with van der Waals surface area (Å²) in [4.78, 5) is 3.92. The van der Waals surface area contributed by atoms with Crippen molar-refractivity contribution >= 4 is 10.0 Å². The second-order valence-corrected chi connectivity index (χ2v) is 6.08. The molecule has 0 radical (unpaired) electrons. The van der Waals surface area contributed by atoms with Gasteiger partial charge in [0.15, 0.2) is 0 Å². The maximum atomic E-state index is 11.9. The summed E-state index contributed by atoms with van der Waals surface area (Å²) in [5.74, 6) is 0.638. The molecular weight excluding hydrogens is 242 g/mol. The summed E-state index contributed by atoms with van der Waals surface area (Å²) >= 11 is 0. The van der Waals surface area contributed by atoms with Crippen molar-refractivity contribution in [1.29, 1.82) is 0 Å². The molecule has 2 atom stereocenters. The molecule has 0 saturated carbocycles. The Labute approximate surface area is 100 Å². The quantitative estimate of drug-likeness (QED) is 0.664. The van der Waals surface area contributed by atoms with Crippen molar-refractivity contribution in [3.05, 3.63) is 12.2 Å². The van der Waals surface area contributed by atoms with Crippen molar-refractivity contribution < 1.29 is 8.42 Å². The molecule has 2 heterocycles. The van der Waals surface area contributed by atoms with E-state index in [1.807, 2.05) is 0 Å². The molecule has 2 unspecified atom stereocenters. The molecule has 1 aromatic heterocycles. The van der Waals surface area contributed by atoms with E-state index in [1.54, 1.807) is 6.92 Å². The van der Waals surface area contributed by atoms with Crippen LogP contribution in [0.4, 0.5) is 0 Å². The van der Waals surface area contributed by atoms with Crippen LogP contribution < -0.4 is 10.0 Å². The lowest BCUT2D eigenvalue weighted by Gasteiger charge is -2.14. The van der Waals surface area contributed by atoms with Crippen LogP contribution in [0, 0.1) is 0 Å². The Kier molecular flexibility index (Phi) is 3.75. The van der Waals surface area contributed by atoms with Crippen LogP contribution >= 0.6 is 0 Å². The van der Waals surface area contributed by atoms with Crippen molar-refractivity contribution in [2.45, 2.75) is 31.8 Å². The van der Waals surface area contributed by atoms with Crippen molar-refractivity contribution in [3.8, 4) is 0 Å². The first-order valence-electron chi connectivity index (χ1n) is 5.65. The number of sulfonamides is 1. The molecule has 0 amide bonds. The fraction of sp³-hybridized carbons (Fsp3) is 0.778. The number of H-pyrrole nitrogens is 1. The summed E-state index contributed by atoms with van der Waals surface area (Å²) in [5.41, 5.74) is 0. The molecule has 96 valence electrons. The van der Waals surface area contributed by atoms with Gasteiger partial charge in [0.25, 0.3) is 0 Å². The first kappa shape index (κ1) is 12.5. The Bertz CT molecular complexity index is 438. The second-order valence-electron chi connectivity index (χ2n) is 4.28. The lowest BCUT2D eigenvalue weighted by molar-refractivity contribution is 0.546. The van der Waals surface area contributed by atoms with Gasteiger partial charge in [-0.2, -0.15) is 5.10 Å². The Morgan fingerprint density at radius 3 is 3.06 bits per heavy atom. The molecule has 1 aliphatic heterocycles. The largest absolute Gasteiger partial charge is 0.313 e. The molecule has 1 saturated heterocycles. The van der Waals surface area contributed by atoms with Crippen LogP contribution in [0.3, 0.4) is 0 Å². The summed E-state index contributed by atoms with van der Waals surface area (Å²) in [5, 5.41) is 9.51. The zero-order valence-electron chi connectivity index (χ0n) is 9.68. The van der Waals surface area contributed by atoms with Crippen molar-refractivity contribution in [2.24, 2.45) is 0 Å². The van der Waals surface area contributed by atoms with Gasteiger partial charge in [-0.15, -0.1) is 0 Å². The molecule has 0 spiro atoms. The van der Waals surface area contributed by atoms with E-state index in [9.17, 15) is 8.42 Å². The monoisotopic (exact) mass is 259 g/mol. The molecule has 8 heteroatoms. The average Bonchev–Trinajstić information content (AvgIpc) is 2.85. The number of nitrogens with zero attached hydrogens (tertiary/aromatic N) is 2. The molecule has 0 bridgehead atoms. The van der Waals surface area contributed by atoms with Crippen molar-refractivity contribution in [1.82, 2.24) is 25.2 Å². The van der Waals surface area contributed by atoms with Gasteiger partial charge in [-0.3, -0.25) is 5.10 Å². The molecule has 1 aliphatic rings. The Hall–Kier alpha value is -0.990. The molecule has 3 N–H and O–H groups in total. The van der Waals surface area contributed by atoms with Crippen LogP contribution in [0.25, 0.3) is 0 Å². The number of nitrogens with one attached hydrogen (secondary N) is 3. The second kappa shape index (κ2) is 5.11. The fourth-order valence-corrected chi connectivity index (χ4v) is 3.52. The van der Waals surface area contributed by atoms with Gasteiger partial charge in [0.05, 0.1) is 11.8 Å². The van der Waals surface area contributed by atoms with Crippen LogP contribution in [-0.4, -0.2) is 41.9 Å². The average molecular weight is 259 g/mol. The van der Waals surface area contributed by atoms with E-state index in [0.29, 0.717) is 5.82 Å². The van der Waals surface area contributed by atoms with E-state index in [-0.39, 0.29) is 17.8 Å². The zero-order valence-corrected chi connectivity index (χ0v) is 10.5. The normalized spacial score (nSPS) is 22.8. The van der Waals surface area contributed by atoms with Crippen molar-refractivity contribution in [2.75, 3.05) is 12.3 Å². The third kappa shape index (κ3) is 3.48. The molecule has 0 aliphatic carbocycles. The third-order valence-corrected chi connectivity index (χ3v) is 4.34. The standard InChI is InChI=1S/C9H17N5O2S/c1-7(9-11-6-12-13-9)14-17(15,16)5-8-3-2-4-10-8/h6-8,10,14H,2-5H2,1H3,(H,11,12,13). The lowest BCUT2D eigenvalue weighted by atomic mass is 10.3. The van der Waals surface area contributed by atoms with Crippen LogP contribution in [0.15, 0.2) is 6.33 Å². The maximum absolute atomic E-state index is 11.9. The van der Waals surface area contributed by atoms with Gasteiger partial charge in [-0.1, -0.05) is 0 Å².